The maximum atomic E-state index is 12.3. The summed E-state index contributed by atoms with van der Waals surface area (Å²) in [5.74, 6) is 0. The van der Waals surface area contributed by atoms with Gasteiger partial charge in [0.15, 0.2) is 14.6 Å². The van der Waals surface area contributed by atoms with Gasteiger partial charge in [-0.1, -0.05) is 12.1 Å². The largest absolute Gasteiger partial charge is 0.222 e. The van der Waals surface area contributed by atoms with Gasteiger partial charge in [-0.05, 0) is 43.9 Å². The summed E-state index contributed by atoms with van der Waals surface area (Å²) in [6.45, 7) is 1.85. The van der Waals surface area contributed by atoms with Crippen LogP contribution < -0.4 is 0 Å². The van der Waals surface area contributed by atoms with E-state index in [9.17, 15) is 8.42 Å². The molecule has 16 heavy (non-hydrogen) atoms. The van der Waals surface area contributed by atoms with Crippen LogP contribution in [0.4, 0.5) is 0 Å². The second-order valence-corrected chi connectivity index (χ2v) is 6.54. The molecule has 0 radical (unpaired) electrons. The molecular formula is C12H13NO2S. The van der Waals surface area contributed by atoms with Crippen molar-refractivity contribution in [3.63, 3.8) is 0 Å². The first-order valence-corrected chi connectivity index (χ1v) is 6.73. The lowest BCUT2D eigenvalue weighted by molar-refractivity contribution is 0.406. The normalized spacial score (nSPS) is 18.5. The Labute approximate surface area is 95.6 Å². The molecule has 0 heterocycles. The highest BCUT2D eigenvalue weighted by molar-refractivity contribution is 7.93. The molecule has 1 saturated carbocycles. The van der Waals surface area contributed by atoms with Crippen molar-refractivity contribution < 1.29 is 8.42 Å². The number of hydrogen-bond acceptors (Lipinski definition) is 3. The molecule has 1 fully saturated rings. The lowest BCUT2D eigenvalue weighted by atomic mass is 9.86. The first-order chi connectivity index (χ1) is 7.52. The summed E-state index contributed by atoms with van der Waals surface area (Å²) in [6, 6.07) is 8.75. The molecule has 0 spiro atoms. The molecule has 84 valence electrons. The number of sulfone groups is 1. The van der Waals surface area contributed by atoms with Gasteiger partial charge in [0.2, 0.25) is 0 Å². The Balaban J connectivity index is 2.52. The van der Waals surface area contributed by atoms with Crippen molar-refractivity contribution in [2.45, 2.75) is 35.8 Å². The molecule has 0 N–H and O–H groups in total. The van der Waals surface area contributed by atoms with E-state index >= 15 is 0 Å². The SMILES string of the molecule is Cc1cccc(S(=O)(=O)C2(C#N)CCC2)c1. The maximum absolute atomic E-state index is 12.3. The zero-order valence-electron chi connectivity index (χ0n) is 9.10. The molecule has 0 atom stereocenters. The van der Waals surface area contributed by atoms with E-state index < -0.39 is 14.6 Å². The van der Waals surface area contributed by atoms with Gasteiger partial charge in [0, 0.05) is 0 Å². The van der Waals surface area contributed by atoms with E-state index in [0.717, 1.165) is 12.0 Å². The Morgan fingerprint density at radius 2 is 2.06 bits per heavy atom. The Morgan fingerprint density at radius 3 is 2.50 bits per heavy atom. The molecule has 0 unspecified atom stereocenters. The van der Waals surface area contributed by atoms with E-state index in [1.54, 1.807) is 18.2 Å². The summed E-state index contributed by atoms with van der Waals surface area (Å²) in [5.41, 5.74) is 0.897. The molecule has 2 rings (SSSR count). The second-order valence-electron chi connectivity index (χ2n) is 4.28. The third kappa shape index (κ3) is 1.43. The third-order valence-corrected chi connectivity index (χ3v) is 5.58. The molecular weight excluding hydrogens is 222 g/mol. The van der Waals surface area contributed by atoms with Crippen molar-refractivity contribution in [3.8, 4) is 6.07 Å². The van der Waals surface area contributed by atoms with Crippen molar-refractivity contribution in [1.82, 2.24) is 0 Å². The second kappa shape index (κ2) is 3.60. The van der Waals surface area contributed by atoms with Crippen LogP contribution in [0.2, 0.25) is 0 Å². The van der Waals surface area contributed by atoms with E-state index in [2.05, 4.69) is 0 Å². The average molecular weight is 235 g/mol. The minimum Gasteiger partial charge on any atom is -0.222 e. The molecule has 1 aromatic carbocycles. The first-order valence-electron chi connectivity index (χ1n) is 5.24. The van der Waals surface area contributed by atoms with Crippen LogP contribution in [-0.4, -0.2) is 13.2 Å². The number of nitriles is 1. The smallest absolute Gasteiger partial charge is 0.197 e. The predicted octanol–water partition coefficient (Wildman–Crippen LogP) is 2.21. The van der Waals surface area contributed by atoms with E-state index in [4.69, 9.17) is 5.26 Å². The molecule has 1 aliphatic rings. The number of aryl methyl sites for hydroxylation is 1. The van der Waals surface area contributed by atoms with Gasteiger partial charge in [-0.2, -0.15) is 5.26 Å². The van der Waals surface area contributed by atoms with E-state index in [1.165, 1.54) is 0 Å². The number of hydrogen-bond donors (Lipinski definition) is 0. The molecule has 0 amide bonds. The topological polar surface area (TPSA) is 57.9 Å². The highest BCUT2D eigenvalue weighted by Crippen LogP contribution is 2.42. The summed E-state index contributed by atoms with van der Waals surface area (Å²) >= 11 is 0. The Morgan fingerprint density at radius 1 is 1.38 bits per heavy atom. The summed E-state index contributed by atoms with van der Waals surface area (Å²) < 4.78 is 23.4. The lowest BCUT2D eigenvalue weighted by Gasteiger charge is -2.34. The quantitative estimate of drug-likeness (QED) is 0.789. The van der Waals surface area contributed by atoms with Crippen LogP contribution in [0.25, 0.3) is 0 Å². The molecule has 4 heteroatoms. The van der Waals surface area contributed by atoms with Crippen LogP contribution in [0.1, 0.15) is 24.8 Å². The van der Waals surface area contributed by atoms with Gasteiger partial charge >= 0.3 is 0 Å². The van der Waals surface area contributed by atoms with Crippen LogP contribution in [0, 0.1) is 18.3 Å². The fourth-order valence-corrected chi connectivity index (χ4v) is 3.94. The summed E-state index contributed by atoms with van der Waals surface area (Å²) in [4.78, 5) is 0.272. The van der Waals surface area contributed by atoms with Crippen LogP contribution >= 0.6 is 0 Å². The fraction of sp³-hybridized carbons (Fsp3) is 0.417. The number of rotatable bonds is 2. The zero-order chi connectivity index (χ0) is 11.8. The third-order valence-electron chi connectivity index (χ3n) is 3.18. The van der Waals surface area contributed by atoms with Gasteiger partial charge in [-0.15, -0.1) is 0 Å². The van der Waals surface area contributed by atoms with Crippen LogP contribution in [-0.2, 0) is 9.84 Å². The van der Waals surface area contributed by atoms with Gasteiger partial charge in [0.1, 0.15) is 0 Å². The minimum absolute atomic E-state index is 0.272. The first kappa shape index (κ1) is 11.2. The maximum Gasteiger partial charge on any atom is 0.197 e. The van der Waals surface area contributed by atoms with Crippen molar-refractivity contribution >= 4 is 9.84 Å². The van der Waals surface area contributed by atoms with Gasteiger partial charge in [-0.3, -0.25) is 0 Å². The zero-order valence-corrected chi connectivity index (χ0v) is 9.92. The van der Waals surface area contributed by atoms with E-state index in [0.29, 0.717) is 12.8 Å². The monoisotopic (exact) mass is 235 g/mol. The Bertz CT molecular complexity index is 551. The summed E-state index contributed by atoms with van der Waals surface area (Å²) in [7, 11) is -3.50. The van der Waals surface area contributed by atoms with Crippen molar-refractivity contribution in [2.24, 2.45) is 0 Å². The molecule has 0 saturated heterocycles. The molecule has 0 aliphatic heterocycles. The van der Waals surface area contributed by atoms with Crippen LogP contribution in [0.5, 0.6) is 0 Å². The van der Waals surface area contributed by atoms with Crippen molar-refractivity contribution in [2.75, 3.05) is 0 Å². The van der Waals surface area contributed by atoms with Gasteiger partial charge in [-0.25, -0.2) is 8.42 Å². The molecule has 0 bridgehead atoms. The standard InChI is InChI=1S/C12H13NO2S/c1-10-4-2-5-11(8-10)16(14,15)12(9-13)6-3-7-12/h2,4-5,8H,3,6-7H2,1H3. The van der Waals surface area contributed by atoms with Gasteiger partial charge < -0.3 is 0 Å². The van der Waals surface area contributed by atoms with E-state index in [-0.39, 0.29) is 4.90 Å². The summed E-state index contributed by atoms with van der Waals surface area (Å²) in [5, 5.41) is 9.07. The Hall–Kier alpha value is -1.34. The average Bonchev–Trinajstić information content (AvgIpc) is 2.16. The molecule has 3 nitrogen and oxygen atoms in total. The van der Waals surface area contributed by atoms with Crippen molar-refractivity contribution in [1.29, 1.82) is 5.26 Å². The highest BCUT2D eigenvalue weighted by atomic mass is 32.2. The number of nitrogens with zero attached hydrogens (tertiary/aromatic N) is 1. The van der Waals surface area contributed by atoms with Crippen LogP contribution in [0.15, 0.2) is 29.2 Å². The van der Waals surface area contributed by atoms with Gasteiger partial charge in [0.25, 0.3) is 0 Å². The minimum atomic E-state index is -3.50. The molecule has 1 aliphatic carbocycles. The fourth-order valence-electron chi connectivity index (χ4n) is 1.95. The molecule has 0 aromatic heterocycles. The van der Waals surface area contributed by atoms with Gasteiger partial charge in [0.05, 0.1) is 11.0 Å². The predicted molar refractivity (Wildman–Crippen MR) is 60.6 cm³/mol. The van der Waals surface area contributed by atoms with Crippen molar-refractivity contribution in [3.05, 3.63) is 29.8 Å². The van der Waals surface area contributed by atoms with Crippen LogP contribution in [0.3, 0.4) is 0 Å². The number of benzene rings is 1. The highest BCUT2D eigenvalue weighted by Gasteiger charge is 2.50. The van der Waals surface area contributed by atoms with E-state index in [1.807, 2.05) is 19.1 Å². The lowest BCUT2D eigenvalue weighted by Crippen LogP contribution is -2.43. The Kier molecular flexibility index (Phi) is 2.51. The molecule has 1 aromatic rings. The summed E-state index contributed by atoms with van der Waals surface area (Å²) in [6.07, 6.45) is 1.73.